The molecule has 0 saturated carbocycles. The normalized spacial score (nSPS) is 15.3. The molecule has 1 saturated heterocycles. The van der Waals surface area contributed by atoms with E-state index in [-0.39, 0.29) is 17.7 Å². The molecule has 1 fully saturated rings. The third-order valence-electron chi connectivity index (χ3n) is 5.27. The largest absolute Gasteiger partial charge is 0.339 e. The fourth-order valence-electron chi connectivity index (χ4n) is 3.67. The number of likely N-dealkylation sites (tertiary alicyclic amines) is 1. The van der Waals surface area contributed by atoms with Crippen LogP contribution in [0.4, 0.5) is 5.69 Å². The molecule has 3 aromatic rings. The summed E-state index contributed by atoms with van der Waals surface area (Å²) in [6.45, 7) is 5.18. The Balaban J connectivity index is 1.34. The van der Waals surface area contributed by atoms with Crippen LogP contribution in [0.2, 0.25) is 0 Å². The maximum absolute atomic E-state index is 12.6. The molecule has 150 valence electrons. The molecule has 0 spiro atoms. The number of nitrogens with one attached hydrogen (secondary N) is 1. The topological polar surface area (TPSA) is 66.7 Å². The van der Waals surface area contributed by atoms with Crippen LogP contribution in [0.15, 0.2) is 42.6 Å². The van der Waals surface area contributed by atoms with Gasteiger partial charge in [-0.05, 0) is 44.9 Å². The molecule has 1 aromatic carbocycles. The molecule has 7 heteroatoms. The van der Waals surface area contributed by atoms with E-state index in [9.17, 15) is 9.59 Å². The lowest BCUT2D eigenvalue weighted by molar-refractivity contribution is -0.130. The van der Waals surface area contributed by atoms with E-state index in [0.29, 0.717) is 25.9 Å². The number of fused-ring (bicyclic) bond motifs is 1. The molecule has 1 aliphatic rings. The Morgan fingerprint density at radius 1 is 1.17 bits per heavy atom. The van der Waals surface area contributed by atoms with Crippen LogP contribution in [0.5, 0.6) is 0 Å². The number of thiazole rings is 1. The predicted octanol–water partition coefficient (Wildman–Crippen LogP) is 3.90. The molecule has 1 N–H and O–H groups in total. The number of hydrogen-bond donors (Lipinski definition) is 1. The summed E-state index contributed by atoms with van der Waals surface area (Å²) in [4.78, 5) is 33.6. The monoisotopic (exact) mass is 408 g/mol. The quantitative estimate of drug-likeness (QED) is 0.666. The smallest absolute Gasteiger partial charge is 0.246 e. The van der Waals surface area contributed by atoms with Gasteiger partial charge in [-0.2, -0.15) is 0 Å². The van der Waals surface area contributed by atoms with Crippen molar-refractivity contribution >= 4 is 39.9 Å². The number of rotatable bonds is 4. The van der Waals surface area contributed by atoms with Crippen LogP contribution in [-0.4, -0.2) is 39.2 Å². The average Bonchev–Trinajstić information content (AvgIpc) is 3.21. The number of aryl methyl sites for hydroxylation is 2. The number of carbonyl (C=O) groups excluding carboxylic acids is 2. The van der Waals surface area contributed by atoms with E-state index in [2.05, 4.69) is 10.3 Å². The SMILES string of the molecule is Cc1cn2c(/C=C\C(=O)N3CCC(C(=O)Nc4ccccc4)CC3)c(C)nc2s1. The molecular formula is C22H24N4O2S. The summed E-state index contributed by atoms with van der Waals surface area (Å²) >= 11 is 1.64. The second-order valence-corrected chi connectivity index (χ2v) is 8.58. The summed E-state index contributed by atoms with van der Waals surface area (Å²) < 4.78 is 2.03. The van der Waals surface area contributed by atoms with Crippen LogP contribution in [0.25, 0.3) is 11.0 Å². The van der Waals surface area contributed by atoms with Gasteiger partial charge < -0.3 is 10.2 Å². The van der Waals surface area contributed by atoms with Gasteiger partial charge in [-0.25, -0.2) is 4.98 Å². The van der Waals surface area contributed by atoms with E-state index >= 15 is 0 Å². The fraction of sp³-hybridized carbons (Fsp3) is 0.318. The highest BCUT2D eigenvalue weighted by atomic mass is 32.1. The number of para-hydroxylation sites is 1. The van der Waals surface area contributed by atoms with Gasteiger partial charge >= 0.3 is 0 Å². The highest BCUT2D eigenvalue weighted by Gasteiger charge is 2.26. The zero-order valence-corrected chi connectivity index (χ0v) is 17.4. The minimum atomic E-state index is -0.0614. The second-order valence-electron chi connectivity index (χ2n) is 7.37. The predicted molar refractivity (Wildman–Crippen MR) is 116 cm³/mol. The molecule has 2 amide bonds. The standard InChI is InChI=1S/C22H24N4O2S/c1-15-14-26-19(16(2)23-22(26)29-15)8-9-20(27)25-12-10-17(11-13-25)21(28)24-18-6-4-3-5-7-18/h3-9,14,17H,10-13H2,1-2H3,(H,24,28)/b9-8-. The molecule has 0 radical (unpaired) electrons. The number of carbonyl (C=O) groups is 2. The van der Waals surface area contributed by atoms with Crippen LogP contribution in [0.3, 0.4) is 0 Å². The van der Waals surface area contributed by atoms with E-state index in [1.165, 1.54) is 4.88 Å². The van der Waals surface area contributed by atoms with E-state index in [1.54, 1.807) is 17.4 Å². The second kappa shape index (κ2) is 8.21. The number of imidazole rings is 1. The summed E-state index contributed by atoms with van der Waals surface area (Å²) in [5.41, 5.74) is 2.66. The van der Waals surface area contributed by atoms with E-state index in [0.717, 1.165) is 22.0 Å². The molecule has 0 unspecified atom stereocenters. The van der Waals surface area contributed by atoms with Crippen LogP contribution < -0.4 is 5.32 Å². The van der Waals surface area contributed by atoms with Crippen molar-refractivity contribution < 1.29 is 9.59 Å². The lowest BCUT2D eigenvalue weighted by Gasteiger charge is -2.30. The van der Waals surface area contributed by atoms with E-state index in [4.69, 9.17) is 0 Å². The first-order chi connectivity index (χ1) is 14.0. The highest BCUT2D eigenvalue weighted by molar-refractivity contribution is 7.17. The number of nitrogens with zero attached hydrogens (tertiary/aromatic N) is 3. The zero-order valence-electron chi connectivity index (χ0n) is 16.6. The highest BCUT2D eigenvalue weighted by Crippen LogP contribution is 2.23. The Kier molecular flexibility index (Phi) is 5.49. The first kappa shape index (κ1) is 19.4. The maximum Gasteiger partial charge on any atom is 0.246 e. The first-order valence-corrected chi connectivity index (χ1v) is 10.6. The third kappa shape index (κ3) is 4.24. The van der Waals surface area contributed by atoms with Crippen molar-refractivity contribution in [3.63, 3.8) is 0 Å². The molecule has 29 heavy (non-hydrogen) atoms. The van der Waals surface area contributed by atoms with Crippen molar-refractivity contribution in [2.75, 3.05) is 18.4 Å². The van der Waals surface area contributed by atoms with Crippen molar-refractivity contribution in [3.05, 3.63) is 58.9 Å². The van der Waals surface area contributed by atoms with Gasteiger partial charge in [0, 0.05) is 41.8 Å². The molecular weight excluding hydrogens is 384 g/mol. The van der Waals surface area contributed by atoms with Crippen molar-refractivity contribution in [3.8, 4) is 0 Å². The molecule has 0 aliphatic carbocycles. The summed E-state index contributed by atoms with van der Waals surface area (Å²) in [7, 11) is 0. The summed E-state index contributed by atoms with van der Waals surface area (Å²) in [6.07, 6.45) is 6.86. The Bertz CT molecular complexity index is 1060. The Morgan fingerprint density at radius 3 is 2.62 bits per heavy atom. The molecule has 4 rings (SSSR count). The van der Waals surface area contributed by atoms with Gasteiger partial charge in [0.2, 0.25) is 11.8 Å². The number of aromatic nitrogens is 2. The van der Waals surface area contributed by atoms with Gasteiger partial charge in [-0.1, -0.05) is 18.2 Å². The van der Waals surface area contributed by atoms with Gasteiger partial charge in [0.1, 0.15) is 0 Å². The maximum atomic E-state index is 12.6. The fourth-order valence-corrected chi connectivity index (χ4v) is 4.54. The van der Waals surface area contributed by atoms with Gasteiger partial charge in [-0.15, -0.1) is 11.3 Å². The Hall–Kier alpha value is -2.93. The van der Waals surface area contributed by atoms with Crippen molar-refractivity contribution in [2.45, 2.75) is 26.7 Å². The van der Waals surface area contributed by atoms with Gasteiger partial charge in [0.15, 0.2) is 4.96 Å². The minimum absolute atomic E-state index is 0.0202. The van der Waals surface area contributed by atoms with Crippen LogP contribution in [0.1, 0.15) is 29.1 Å². The molecule has 1 aliphatic heterocycles. The molecule has 0 atom stereocenters. The zero-order chi connectivity index (χ0) is 20.4. The lowest BCUT2D eigenvalue weighted by Crippen LogP contribution is -2.40. The molecule has 0 bridgehead atoms. The lowest BCUT2D eigenvalue weighted by atomic mass is 9.95. The average molecular weight is 409 g/mol. The Morgan fingerprint density at radius 2 is 1.90 bits per heavy atom. The van der Waals surface area contributed by atoms with Gasteiger partial charge in [0.05, 0.1) is 11.4 Å². The number of piperidine rings is 1. The third-order valence-corrected chi connectivity index (χ3v) is 6.16. The molecule has 3 heterocycles. The molecule has 2 aromatic heterocycles. The minimum Gasteiger partial charge on any atom is -0.339 e. The summed E-state index contributed by atoms with van der Waals surface area (Å²) in [5.74, 6) is -0.0501. The van der Waals surface area contributed by atoms with E-state index < -0.39 is 0 Å². The number of hydrogen-bond acceptors (Lipinski definition) is 4. The number of anilines is 1. The van der Waals surface area contributed by atoms with Crippen molar-refractivity contribution in [1.82, 2.24) is 14.3 Å². The van der Waals surface area contributed by atoms with Gasteiger partial charge in [0.25, 0.3) is 0 Å². The van der Waals surface area contributed by atoms with Crippen molar-refractivity contribution in [2.24, 2.45) is 5.92 Å². The number of benzene rings is 1. The Labute approximate surface area is 173 Å². The van der Waals surface area contributed by atoms with Gasteiger partial charge in [-0.3, -0.25) is 14.0 Å². The number of amides is 2. The van der Waals surface area contributed by atoms with Crippen molar-refractivity contribution in [1.29, 1.82) is 0 Å². The van der Waals surface area contributed by atoms with Crippen LogP contribution in [0, 0.1) is 19.8 Å². The van der Waals surface area contributed by atoms with E-state index in [1.807, 2.05) is 65.8 Å². The van der Waals surface area contributed by atoms with Crippen LogP contribution in [-0.2, 0) is 9.59 Å². The van der Waals surface area contributed by atoms with Crippen LogP contribution >= 0.6 is 11.3 Å². The summed E-state index contributed by atoms with van der Waals surface area (Å²) in [6, 6.07) is 9.48. The first-order valence-electron chi connectivity index (χ1n) is 9.79. The molecule has 6 nitrogen and oxygen atoms in total. The summed E-state index contributed by atoms with van der Waals surface area (Å²) in [5, 5.41) is 2.96.